The number of fused-ring (bicyclic) bond motifs is 3. The van der Waals surface area contributed by atoms with Crippen molar-refractivity contribution in [1.82, 2.24) is 4.90 Å². The number of halogens is 1. The van der Waals surface area contributed by atoms with E-state index >= 15 is 4.39 Å². The zero-order valence-corrected chi connectivity index (χ0v) is 12.9. The van der Waals surface area contributed by atoms with E-state index in [0.717, 1.165) is 5.69 Å². The Balaban J connectivity index is 1.95. The molecule has 4 nitrogen and oxygen atoms in total. The molecule has 2 aliphatic heterocycles. The standard InChI is InChI=1S/C16H21FN2O2/c1-14(2,3)21-13(20)19-10-9-16(17)11-7-5-6-8-12(11)18-15(16,19)4/h5-8,18H,9-10H2,1-4H3/t15-,16+/m0/s1. The number of benzene rings is 1. The maximum atomic E-state index is 15.6. The molecule has 114 valence electrons. The fraction of sp³-hybridized carbons (Fsp3) is 0.562. The Morgan fingerprint density at radius 2 is 2.05 bits per heavy atom. The minimum absolute atomic E-state index is 0.271. The highest BCUT2D eigenvalue weighted by atomic mass is 19.1. The second kappa shape index (κ2) is 4.12. The molecule has 1 aromatic carbocycles. The van der Waals surface area contributed by atoms with Gasteiger partial charge >= 0.3 is 6.09 Å². The molecule has 1 amide bonds. The quantitative estimate of drug-likeness (QED) is 0.794. The average Bonchev–Trinajstić information content (AvgIpc) is 2.72. The number of carbonyl (C=O) groups excluding carboxylic acids is 1. The summed E-state index contributed by atoms with van der Waals surface area (Å²) in [7, 11) is 0. The Morgan fingerprint density at radius 1 is 1.38 bits per heavy atom. The van der Waals surface area contributed by atoms with Gasteiger partial charge < -0.3 is 10.1 Å². The smallest absolute Gasteiger partial charge is 0.412 e. The van der Waals surface area contributed by atoms with Crippen LogP contribution in [0.25, 0.3) is 0 Å². The van der Waals surface area contributed by atoms with Gasteiger partial charge in [0.05, 0.1) is 0 Å². The molecule has 0 bridgehead atoms. The number of hydrogen-bond donors (Lipinski definition) is 1. The number of nitrogens with zero attached hydrogens (tertiary/aromatic N) is 1. The number of rotatable bonds is 0. The van der Waals surface area contributed by atoms with E-state index in [1.165, 1.54) is 4.90 Å². The van der Waals surface area contributed by atoms with Crippen LogP contribution in [-0.4, -0.2) is 28.8 Å². The molecule has 0 spiro atoms. The Bertz CT molecular complexity index is 598. The average molecular weight is 292 g/mol. The van der Waals surface area contributed by atoms with Crippen molar-refractivity contribution in [2.75, 3.05) is 11.9 Å². The molecule has 0 aliphatic carbocycles. The summed E-state index contributed by atoms with van der Waals surface area (Å²) in [5.41, 5.74) is -1.91. The number of ether oxygens (including phenoxy) is 1. The third-order valence-electron chi connectivity index (χ3n) is 4.34. The molecule has 0 radical (unpaired) electrons. The molecule has 1 saturated heterocycles. The number of amides is 1. The lowest BCUT2D eigenvalue weighted by Crippen LogP contribution is -2.56. The van der Waals surface area contributed by atoms with Crippen LogP contribution in [0.5, 0.6) is 0 Å². The van der Waals surface area contributed by atoms with Gasteiger partial charge in [-0.05, 0) is 33.8 Å². The predicted octanol–water partition coefficient (Wildman–Crippen LogP) is 3.63. The number of likely N-dealkylation sites (tertiary alicyclic amines) is 1. The van der Waals surface area contributed by atoms with Gasteiger partial charge in [-0.3, -0.25) is 4.90 Å². The summed E-state index contributed by atoms with van der Waals surface area (Å²) in [5.74, 6) is 0. The lowest BCUT2D eigenvalue weighted by atomic mass is 9.88. The van der Waals surface area contributed by atoms with Crippen LogP contribution in [0.15, 0.2) is 24.3 Å². The summed E-state index contributed by atoms with van der Waals surface area (Å²) < 4.78 is 21.0. The van der Waals surface area contributed by atoms with Crippen LogP contribution in [-0.2, 0) is 10.4 Å². The van der Waals surface area contributed by atoms with Crippen LogP contribution in [0.1, 0.15) is 39.7 Å². The summed E-state index contributed by atoms with van der Waals surface area (Å²) in [4.78, 5) is 13.9. The van der Waals surface area contributed by atoms with Crippen molar-refractivity contribution < 1.29 is 13.9 Å². The molecule has 2 heterocycles. The van der Waals surface area contributed by atoms with Gasteiger partial charge in [0.1, 0.15) is 5.60 Å². The number of anilines is 1. The number of nitrogens with one attached hydrogen (secondary N) is 1. The molecular weight excluding hydrogens is 271 g/mol. The third kappa shape index (κ3) is 1.90. The maximum Gasteiger partial charge on any atom is 0.412 e. The van der Waals surface area contributed by atoms with Gasteiger partial charge in [-0.25, -0.2) is 9.18 Å². The van der Waals surface area contributed by atoms with Gasteiger partial charge in [-0.15, -0.1) is 0 Å². The fourth-order valence-electron chi connectivity index (χ4n) is 3.30. The topological polar surface area (TPSA) is 41.6 Å². The van der Waals surface area contributed by atoms with Crippen molar-refractivity contribution in [2.45, 2.75) is 51.0 Å². The van der Waals surface area contributed by atoms with Gasteiger partial charge in [-0.1, -0.05) is 18.2 Å². The number of alkyl halides is 1. The van der Waals surface area contributed by atoms with Crippen LogP contribution in [0.4, 0.5) is 14.9 Å². The molecule has 0 saturated carbocycles. The summed E-state index contributed by atoms with van der Waals surface area (Å²) in [6.07, 6.45) is -0.211. The van der Waals surface area contributed by atoms with Gasteiger partial charge in [0.15, 0.2) is 11.3 Å². The molecule has 1 aromatic rings. The molecule has 1 N–H and O–H groups in total. The van der Waals surface area contributed by atoms with Crippen molar-refractivity contribution >= 4 is 11.8 Å². The lowest BCUT2D eigenvalue weighted by Gasteiger charge is -2.38. The van der Waals surface area contributed by atoms with Crippen LogP contribution in [0.2, 0.25) is 0 Å². The van der Waals surface area contributed by atoms with E-state index < -0.39 is 23.0 Å². The highest BCUT2D eigenvalue weighted by Gasteiger charge is 2.65. The summed E-state index contributed by atoms with van der Waals surface area (Å²) in [6, 6.07) is 7.31. The Hall–Kier alpha value is -1.78. The molecule has 1 fully saturated rings. The van der Waals surface area contributed by atoms with E-state index in [2.05, 4.69) is 5.32 Å². The van der Waals surface area contributed by atoms with E-state index in [1.54, 1.807) is 13.0 Å². The van der Waals surface area contributed by atoms with Crippen molar-refractivity contribution in [3.8, 4) is 0 Å². The van der Waals surface area contributed by atoms with Crippen LogP contribution < -0.4 is 5.32 Å². The van der Waals surface area contributed by atoms with Crippen LogP contribution in [0.3, 0.4) is 0 Å². The molecule has 2 aliphatic rings. The molecule has 0 unspecified atom stereocenters. The minimum atomic E-state index is -1.58. The van der Waals surface area contributed by atoms with E-state index in [-0.39, 0.29) is 6.42 Å². The SMILES string of the molecule is CC(C)(C)OC(=O)N1CC[C@@]2(F)c3ccccc3N[C@@]12C. The van der Waals surface area contributed by atoms with Gasteiger partial charge in [0.25, 0.3) is 0 Å². The Kier molecular flexibility index (Phi) is 2.78. The van der Waals surface area contributed by atoms with Crippen molar-refractivity contribution in [3.63, 3.8) is 0 Å². The second-order valence-electron chi connectivity index (χ2n) is 6.93. The first-order chi connectivity index (χ1) is 9.67. The van der Waals surface area contributed by atoms with Crippen molar-refractivity contribution in [1.29, 1.82) is 0 Å². The van der Waals surface area contributed by atoms with E-state index in [9.17, 15) is 4.79 Å². The summed E-state index contributed by atoms with van der Waals surface area (Å²) in [5, 5.41) is 3.18. The van der Waals surface area contributed by atoms with Crippen molar-refractivity contribution in [2.24, 2.45) is 0 Å². The van der Waals surface area contributed by atoms with Gasteiger partial charge in [0.2, 0.25) is 0 Å². The molecule has 21 heavy (non-hydrogen) atoms. The first kappa shape index (κ1) is 14.2. The number of carbonyl (C=O) groups is 1. The molecule has 3 rings (SSSR count). The highest BCUT2D eigenvalue weighted by Crippen LogP contribution is 2.56. The van der Waals surface area contributed by atoms with E-state index in [0.29, 0.717) is 12.1 Å². The first-order valence-electron chi connectivity index (χ1n) is 7.25. The lowest BCUT2D eigenvalue weighted by molar-refractivity contribution is -0.00605. The summed E-state index contributed by atoms with van der Waals surface area (Å²) >= 11 is 0. The zero-order chi connectivity index (χ0) is 15.5. The van der Waals surface area contributed by atoms with Gasteiger partial charge in [0, 0.05) is 24.2 Å². The fourth-order valence-corrected chi connectivity index (χ4v) is 3.30. The zero-order valence-electron chi connectivity index (χ0n) is 12.9. The third-order valence-corrected chi connectivity index (χ3v) is 4.34. The van der Waals surface area contributed by atoms with E-state index in [4.69, 9.17) is 4.74 Å². The number of para-hydroxylation sites is 1. The normalized spacial score (nSPS) is 30.6. The molecule has 5 heteroatoms. The van der Waals surface area contributed by atoms with Crippen LogP contribution in [0, 0.1) is 0 Å². The Morgan fingerprint density at radius 3 is 2.71 bits per heavy atom. The van der Waals surface area contributed by atoms with Crippen molar-refractivity contribution in [3.05, 3.63) is 29.8 Å². The molecule has 2 atom stereocenters. The molecular formula is C16H21FN2O2. The van der Waals surface area contributed by atoms with Crippen LogP contribution >= 0.6 is 0 Å². The molecule has 0 aromatic heterocycles. The monoisotopic (exact) mass is 292 g/mol. The minimum Gasteiger partial charge on any atom is -0.444 e. The predicted molar refractivity (Wildman–Crippen MR) is 78.8 cm³/mol. The van der Waals surface area contributed by atoms with E-state index in [1.807, 2.05) is 39.0 Å². The highest BCUT2D eigenvalue weighted by molar-refractivity contribution is 5.74. The first-order valence-corrected chi connectivity index (χ1v) is 7.25. The second-order valence-corrected chi connectivity index (χ2v) is 6.93. The largest absolute Gasteiger partial charge is 0.444 e. The maximum absolute atomic E-state index is 15.6. The Labute approximate surface area is 124 Å². The number of hydrogen-bond acceptors (Lipinski definition) is 3. The summed E-state index contributed by atoms with van der Waals surface area (Å²) in [6.45, 7) is 7.49. The van der Waals surface area contributed by atoms with Gasteiger partial charge in [-0.2, -0.15) is 0 Å².